The van der Waals surface area contributed by atoms with Crippen LogP contribution >= 0.6 is 0 Å². The first-order chi connectivity index (χ1) is 11.6. The number of aromatic carboxylic acids is 1. The maximum Gasteiger partial charge on any atom is 0.356 e. The van der Waals surface area contributed by atoms with E-state index >= 15 is 0 Å². The lowest BCUT2D eigenvalue weighted by Crippen LogP contribution is -2.36. The zero-order valence-corrected chi connectivity index (χ0v) is 13.1. The van der Waals surface area contributed by atoms with Crippen LogP contribution in [0.25, 0.3) is 0 Å². The van der Waals surface area contributed by atoms with Crippen molar-refractivity contribution in [2.75, 3.05) is 12.4 Å². The highest BCUT2D eigenvalue weighted by atomic mass is 16.5. The van der Waals surface area contributed by atoms with Crippen LogP contribution in [0.3, 0.4) is 0 Å². The minimum absolute atomic E-state index is 0.125. The van der Waals surface area contributed by atoms with Crippen LogP contribution in [0, 0.1) is 5.92 Å². The van der Waals surface area contributed by atoms with Crippen molar-refractivity contribution in [2.24, 2.45) is 5.92 Å². The Labute approximate surface area is 138 Å². The first-order valence-corrected chi connectivity index (χ1v) is 7.56. The number of rotatable bonds is 6. The molecule has 1 aliphatic carbocycles. The molecule has 0 spiro atoms. The molecular formula is C16H18N4O4. The fourth-order valence-electron chi connectivity index (χ4n) is 2.77. The van der Waals surface area contributed by atoms with Gasteiger partial charge in [0, 0.05) is 12.3 Å². The molecule has 3 rings (SSSR count). The summed E-state index contributed by atoms with van der Waals surface area (Å²) in [6, 6.07) is 3.51. The maximum atomic E-state index is 11.0. The second-order valence-corrected chi connectivity index (χ2v) is 5.74. The van der Waals surface area contributed by atoms with Gasteiger partial charge in [-0.05, 0) is 24.3 Å². The Bertz CT molecular complexity index is 716. The Hall–Kier alpha value is -2.74. The van der Waals surface area contributed by atoms with Gasteiger partial charge in [-0.25, -0.2) is 14.8 Å². The zero-order valence-electron chi connectivity index (χ0n) is 13.1. The highest BCUT2D eigenvalue weighted by Crippen LogP contribution is 2.39. The fourth-order valence-corrected chi connectivity index (χ4v) is 2.77. The lowest BCUT2D eigenvalue weighted by Gasteiger charge is -2.38. The summed E-state index contributed by atoms with van der Waals surface area (Å²) in [6.45, 7) is 0. The van der Waals surface area contributed by atoms with Gasteiger partial charge in [-0.15, -0.1) is 0 Å². The normalized spacial score (nSPS) is 20.8. The number of carboxylic acid groups (broad SMARTS) is 1. The van der Waals surface area contributed by atoms with Gasteiger partial charge in [-0.1, -0.05) is 6.07 Å². The molecular weight excluding hydrogens is 312 g/mol. The van der Waals surface area contributed by atoms with E-state index in [0.717, 1.165) is 5.56 Å². The zero-order chi connectivity index (χ0) is 17.1. The smallest absolute Gasteiger partial charge is 0.356 e. The summed E-state index contributed by atoms with van der Waals surface area (Å²) in [7, 11) is 1.55. The van der Waals surface area contributed by atoms with Crippen molar-refractivity contribution in [3.8, 4) is 5.88 Å². The number of aliphatic hydroxyl groups is 1. The van der Waals surface area contributed by atoms with E-state index in [1.54, 1.807) is 19.4 Å². The van der Waals surface area contributed by atoms with Gasteiger partial charge in [0.25, 0.3) is 0 Å². The van der Waals surface area contributed by atoms with Crippen molar-refractivity contribution < 1.29 is 19.7 Å². The number of pyridine rings is 1. The monoisotopic (exact) mass is 330 g/mol. The van der Waals surface area contributed by atoms with Crippen molar-refractivity contribution >= 4 is 11.8 Å². The van der Waals surface area contributed by atoms with Gasteiger partial charge < -0.3 is 20.3 Å². The van der Waals surface area contributed by atoms with E-state index in [0.29, 0.717) is 24.5 Å². The van der Waals surface area contributed by atoms with Crippen LogP contribution in [0.2, 0.25) is 0 Å². The van der Waals surface area contributed by atoms with E-state index in [4.69, 9.17) is 9.84 Å². The Morgan fingerprint density at radius 2 is 2.12 bits per heavy atom. The standard InChI is InChI=1S/C16H18N4O4/c1-24-14-3-2-9(6-18-14)15(10-4-11(21)5-10)20-13-8-17-7-12(19-13)16(22)23/h2-3,6-8,10-11,15,21H,4-5H2,1H3,(H,19,20)(H,22,23). The van der Waals surface area contributed by atoms with Crippen molar-refractivity contribution in [3.63, 3.8) is 0 Å². The van der Waals surface area contributed by atoms with Crippen molar-refractivity contribution in [3.05, 3.63) is 42.0 Å². The van der Waals surface area contributed by atoms with Crippen LogP contribution in [0.5, 0.6) is 5.88 Å². The third-order valence-electron chi connectivity index (χ3n) is 4.11. The molecule has 126 valence electrons. The SMILES string of the molecule is COc1ccc(C(Nc2cncc(C(=O)O)n2)C2CC(O)C2)cn1. The van der Waals surface area contributed by atoms with Gasteiger partial charge in [-0.2, -0.15) is 0 Å². The van der Waals surface area contributed by atoms with Crippen LogP contribution in [0.15, 0.2) is 30.7 Å². The first kappa shape index (κ1) is 16.1. The predicted molar refractivity (Wildman–Crippen MR) is 84.9 cm³/mol. The van der Waals surface area contributed by atoms with Gasteiger partial charge in [0.05, 0.1) is 31.6 Å². The summed E-state index contributed by atoms with van der Waals surface area (Å²) in [5.74, 6) is -0.0470. The highest BCUT2D eigenvalue weighted by Gasteiger charge is 2.35. The van der Waals surface area contributed by atoms with Crippen LogP contribution in [0.1, 0.15) is 34.9 Å². The molecule has 1 fully saturated rings. The second kappa shape index (κ2) is 6.79. The maximum absolute atomic E-state index is 11.0. The average molecular weight is 330 g/mol. The quantitative estimate of drug-likeness (QED) is 0.729. The Morgan fingerprint density at radius 3 is 2.71 bits per heavy atom. The lowest BCUT2D eigenvalue weighted by molar-refractivity contribution is 0.0338. The molecule has 24 heavy (non-hydrogen) atoms. The van der Waals surface area contributed by atoms with Gasteiger partial charge in [0.15, 0.2) is 5.69 Å². The minimum Gasteiger partial charge on any atom is -0.481 e. The van der Waals surface area contributed by atoms with E-state index in [1.165, 1.54) is 12.4 Å². The molecule has 0 aliphatic heterocycles. The van der Waals surface area contributed by atoms with Gasteiger partial charge in [-0.3, -0.25) is 4.98 Å². The summed E-state index contributed by atoms with van der Waals surface area (Å²) in [4.78, 5) is 23.2. The van der Waals surface area contributed by atoms with Crippen LogP contribution in [0.4, 0.5) is 5.82 Å². The third-order valence-corrected chi connectivity index (χ3v) is 4.11. The Kier molecular flexibility index (Phi) is 4.57. The summed E-state index contributed by atoms with van der Waals surface area (Å²) < 4.78 is 5.07. The number of nitrogens with one attached hydrogen (secondary N) is 1. The highest BCUT2D eigenvalue weighted by molar-refractivity contribution is 5.85. The number of anilines is 1. The summed E-state index contributed by atoms with van der Waals surface area (Å²) in [5.41, 5.74) is 0.787. The number of hydrogen-bond donors (Lipinski definition) is 3. The van der Waals surface area contributed by atoms with Crippen molar-refractivity contribution in [1.82, 2.24) is 15.0 Å². The molecule has 0 aromatic carbocycles. The third kappa shape index (κ3) is 3.43. The molecule has 0 radical (unpaired) electrons. The number of aromatic nitrogens is 3. The van der Waals surface area contributed by atoms with E-state index in [2.05, 4.69) is 20.3 Å². The van der Waals surface area contributed by atoms with Gasteiger partial charge >= 0.3 is 5.97 Å². The largest absolute Gasteiger partial charge is 0.481 e. The molecule has 0 saturated heterocycles. The molecule has 3 N–H and O–H groups in total. The molecule has 1 saturated carbocycles. The molecule has 1 unspecified atom stereocenters. The number of hydrogen-bond acceptors (Lipinski definition) is 7. The van der Waals surface area contributed by atoms with E-state index in [1.807, 2.05) is 6.07 Å². The van der Waals surface area contributed by atoms with E-state index in [-0.39, 0.29) is 23.8 Å². The molecule has 0 bridgehead atoms. The molecule has 1 atom stereocenters. The molecule has 2 aromatic heterocycles. The van der Waals surface area contributed by atoms with Crippen molar-refractivity contribution in [1.29, 1.82) is 0 Å². The van der Waals surface area contributed by atoms with Crippen molar-refractivity contribution in [2.45, 2.75) is 25.0 Å². The summed E-state index contributed by atoms with van der Waals surface area (Å²) >= 11 is 0. The first-order valence-electron chi connectivity index (χ1n) is 7.56. The number of aliphatic hydroxyl groups excluding tert-OH is 1. The van der Waals surface area contributed by atoms with E-state index in [9.17, 15) is 9.90 Å². The molecule has 2 aromatic rings. The molecule has 1 aliphatic rings. The molecule has 8 heteroatoms. The lowest BCUT2D eigenvalue weighted by atomic mass is 9.75. The average Bonchev–Trinajstić information content (AvgIpc) is 2.57. The minimum atomic E-state index is -1.13. The number of nitrogens with zero attached hydrogens (tertiary/aromatic N) is 3. The molecule has 0 amide bonds. The number of carboxylic acids is 1. The summed E-state index contributed by atoms with van der Waals surface area (Å²) in [6.07, 6.45) is 5.40. The number of carbonyl (C=O) groups is 1. The number of methoxy groups -OCH3 is 1. The number of ether oxygens (including phenoxy) is 1. The van der Waals surface area contributed by atoms with Crippen LogP contribution in [-0.4, -0.2) is 44.3 Å². The van der Waals surface area contributed by atoms with Gasteiger partial charge in [0.2, 0.25) is 5.88 Å². The molecule has 2 heterocycles. The summed E-state index contributed by atoms with van der Waals surface area (Å²) in [5, 5.41) is 21.9. The Balaban J connectivity index is 1.84. The van der Waals surface area contributed by atoms with Crippen LogP contribution in [-0.2, 0) is 0 Å². The topological polar surface area (TPSA) is 117 Å². The van der Waals surface area contributed by atoms with Crippen LogP contribution < -0.4 is 10.1 Å². The Morgan fingerprint density at radius 1 is 1.33 bits per heavy atom. The van der Waals surface area contributed by atoms with E-state index < -0.39 is 5.97 Å². The predicted octanol–water partition coefficient (Wildman–Crippen LogP) is 1.50. The second-order valence-electron chi connectivity index (χ2n) is 5.74. The fraction of sp³-hybridized carbons (Fsp3) is 0.375. The molecule has 8 nitrogen and oxygen atoms in total. The van der Waals surface area contributed by atoms with Gasteiger partial charge in [0.1, 0.15) is 5.82 Å².